The van der Waals surface area contributed by atoms with Crippen LogP contribution >= 0.6 is 22.7 Å². The van der Waals surface area contributed by atoms with Gasteiger partial charge in [-0.15, -0.1) is 22.7 Å². The van der Waals surface area contributed by atoms with Crippen molar-refractivity contribution < 1.29 is 4.79 Å². The molecule has 2 N–H and O–H groups in total. The van der Waals surface area contributed by atoms with Gasteiger partial charge in [0.1, 0.15) is 0 Å². The molecule has 0 atom stereocenters. The van der Waals surface area contributed by atoms with Gasteiger partial charge in [-0.05, 0) is 24.1 Å². The highest BCUT2D eigenvalue weighted by Gasteiger charge is 2.11. The van der Waals surface area contributed by atoms with E-state index in [9.17, 15) is 4.79 Å². The van der Waals surface area contributed by atoms with Crippen molar-refractivity contribution >= 4 is 44.5 Å². The number of carbonyl (C=O) groups excluding carboxylic acids is 1. The Kier molecular flexibility index (Phi) is 4.68. The van der Waals surface area contributed by atoms with Crippen molar-refractivity contribution in [3.8, 4) is 0 Å². The summed E-state index contributed by atoms with van der Waals surface area (Å²) in [6, 6.07) is 7.32. The molecule has 23 heavy (non-hydrogen) atoms. The van der Waals surface area contributed by atoms with Crippen molar-refractivity contribution in [1.82, 2.24) is 9.97 Å². The maximum Gasteiger partial charge on any atom is 0.257 e. The van der Waals surface area contributed by atoms with Crippen LogP contribution in [0.15, 0.2) is 41.2 Å². The van der Waals surface area contributed by atoms with Crippen LogP contribution in [-0.2, 0) is 0 Å². The number of nitrogens with one attached hydrogen (secondary N) is 2. The van der Waals surface area contributed by atoms with Crippen molar-refractivity contribution in [1.29, 1.82) is 0 Å². The van der Waals surface area contributed by atoms with E-state index >= 15 is 0 Å². The quantitative estimate of drug-likeness (QED) is 0.703. The Morgan fingerprint density at radius 3 is 2.78 bits per heavy atom. The second-order valence-electron chi connectivity index (χ2n) is 5.23. The third-order valence-corrected chi connectivity index (χ3v) is 4.61. The maximum absolute atomic E-state index is 12.4. The standard InChI is InChI=1S/C16H16N4OS2/c1-10(2)13-9-23-16(19-13)20-14(21)11-4-3-5-12(8-11)18-15-17-6-7-22-15/h3-10H,1-2H3,(H,17,18)(H,19,20,21). The Morgan fingerprint density at radius 2 is 2.09 bits per heavy atom. The molecule has 5 nitrogen and oxygen atoms in total. The van der Waals surface area contributed by atoms with Crippen LogP contribution in [0.2, 0.25) is 0 Å². The van der Waals surface area contributed by atoms with Crippen molar-refractivity contribution in [2.75, 3.05) is 10.6 Å². The van der Waals surface area contributed by atoms with E-state index in [1.807, 2.05) is 22.9 Å². The van der Waals surface area contributed by atoms with E-state index in [4.69, 9.17) is 0 Å². The van der Waals surface area contributed by atoms with Crippen LogP contribution in [0.5, 0.6) is 0 Å². The van der Waals surface area contributed by atoms with Crippen molar-refractivity contribution in [3.63, 3.8) is 0 Å². The summed E-state index contributed by atoms with van der Waals surface area (Å²) in [5.41, 5.74) is 2.40. The summed E-state index contributed by atoms with van der Waals surface area (Å²) in [6.07, 6.45) is 1.73. The Morgan fingerprint density at radius 1 is 1.22 bits per heavy atom. The van der Waals surface area contributed by atoms with Crippen molar-refractivity contribution in [2.45, 2.75) is 19.8 Å². The molecule has 0 saturated carbocycles. The molecular weight excluding hydrogens is 328 g/mol. The van der Waals surface area contributed by atoms with Crippen LogP contribution in [0, 0.1) is 0 Å². The average molecular weight is 344 g/mol. The molecule has 0 spiro atoms. The lowest BCUT2D eigenvalue weighted by atomic mass is 10.2. The summed E-state index contributed by atoms with van der Waals surface area (Å²) in [7, 11) is 0. The van der Waals surface area contributed by atoms with Crippen LogP contribution in [0.3, 0.4) is 0 Å². The lowest BCUT2D eigenvalue weighted by Gasteiger charge is -2.06. The molecule has 118 valence electrons. The minimum absolute atomic E-state index is 0.169. The first-order valence-corrected chi connectivity index (χ1v) is 8.91. The van der Waals surface area contributed by atoms with E-state index < -0.39 is 0 Å². The second-order valence-corrected chi connectivity index (χ2v) is 6.98. The zero-order chi connectivity index (χ0) is 16.2. The zero-order valence-electron chi connectivity index (χ0n) is 12.7. The van der Waals surface area contributed by atoms with Crippen LogP contribution in [0.1, 0.15) is 35.8 Å². The molecule has 0 aliphatic heterocycles. The minimum atomic E-state index is -0.169. The van der Waals surface area contributed by atoms with E-state index in [-0.39, 0.29) is 5.91 Å². The second kappa shape index (κ2) is 6.89. The highest BCUT2D eigenvalue weighted by atomic mass is 32.1. The average Bonchev–Trinajstić information content (AvgIpc) is 3.19. The van der Waals surface area contributed by atoms with Gasteiger partial charge in [-0.1, -0.05) is 19.9 Å². The number of hydrogen-bond donors (Lipinski definition) is 2. The number of rotatable bonds is 5. The fraction of sp³-hybridized carbons (Fsp3) is 0.188. The Bertz CT molecular complexity index is 796. The van der Waals surface area contributed by atoms with Crippen LogP contribution < -0.4 is 10.6 Å². The summed E-state index contributed by atoms with van der Waals surface area (Å²) < 4.78 is 0. The fourth-order valence-electron chi connectivity index (χ4n) is 1.92. The van der Waals surface area contributed by atoms with Gasteiger partial charge in [0, 0.05) is 28.2 Å². The van der Waals surface area contributed by atoms with E-state index in [0.29, 0.717) is 16.6 Å². The Hall–Kier alpha value is -2.25. The van der Waals surface area contributed by atoms with Gasteiger partial charge < -0.3 is 5.32 Å². The van der Waals surface area contributed by atoms with Crippen molar-refractivity contribution in [2.24, 2.45) is 0 Å². The fourth-order valence-corrected chi connectivity index (χ4v) is 3.34. The molecule has 2 aromatic heterocycles. The molecule has 2 heterocycles. The van der Waals surface area contributed by atoms with Gasteiger partial charge in [-0.3, -0.25) is 10.1 Å². The van der Waals surface area contributed by atoms with E-state index in [1.165, 1.54) is 22.7 Å². The van der Waals surface area contributed by atoms with Gasteiger partial charge in [-0.2, -0.15) is 0 Å². The third kappa shape index (κ3) is 3.94. The summed E-state index contributed by atoms with van der Waals surface area (Å²) in [4.78, 5) is 21.0. The molecule has 1 amide bonds. The van der Waals surface area contributed by atoms with Gasteiger partial charge >= 0.3 is 0 Å². The first-order valence-electron chi connectivity index (χ1n) is 7.15. The van der Waals surface area contributed by atoms with Crippen LogP contribution in [0.25, 0.3) is 0 Å². The number of hydrogen-bond acceptors (Lipinski definition) is 6. The molecule has 1 aromatic carbocycles. The number of benzene rings is 1. The topological polar surface area (TPSA) is 66.9 Å². The lowest BCUT2D eigenvalue weighted by molar-refractivity contribution is 0.102. The number of anilines is 3. The van der Waals surface area contributed by atoms with Crippen LogP contribution in [-0.4, -0.2) is 15.9 Å². The van der Waals surface area contributed by atoms with Gasteiger partial charge in [0.25, 0.3) is 5.91 Å². The Labute approximate surface area is 142 Å². The first kappa shape index (κ1) is 15.6. The lowest BCUT2D eigenvalue weighted by Crippen LogP contribution is -2.12. The number of thiazole rings is 2. The number of aromatic nitrogens is 2. The zero-order valence-corrected chi connectivity index (χ0v) is 14.4. The van der Waals surface area contributed by atoms with Crippen molar-refractivity contribution in [3.05, 3.63) is 52.5 Å². The molecule has 0 saturated heterocycles. The molecule has 3 rings (SSSR count). The normalized spacial score (nSPS) is 10.7. The molecule has 0 unspecified atom stereocenters. The molecule has 3 aromatic rings. The molecular formula is C16H16N4OS2. The third-order valence-electron chi connectivity index (χ3n) is 3.14. The predicted molar refractivity (Wildman–Crippen MR) is 96.0 cm³/mol. The largest absolute Gasteiger partial charge is 0.332 e. The summed E-state index contributed by atoms with van der Waals surface area (Å²) in [6.45, 7) is 4.16. The molecule has 7 heteroatoms. The van der Waals surface area contributed by atoms with Gasteiger partial charge in [0.15, 0.2) is 10.3 Å². The maximum atomic E-state index is 12.4. The minimum Gasteiger partial charge on any atom is -0.332 e. The molecule has 0 aliphatic carbocycles. The van der Waals surface area contributed by atoms with Crippen LogP contribution in [0.4, 0.5) is 16.0 Å². The Balaban J connectivity index is 1.71. The molecule has 0 aliphatic rings. The van der Waals surface area contributed by atoms with Gasteiger partial charge in [0.2, 0.25) is 0 Å². The predicted octanol–water partition coefficient (Wildman–Crippen LogP) is 4.72. The van der Waals surface area contributed by atoms with E-state index in [1.54, 1.807) is 18.3 Å². The summed E-state index contributed by atoms with van der Waals surface area (Å²) in [5.74, 6) is 0.181. The molecule has 0 fully saturated rings. The smallest absolute Gasteiger partial charge is 0.257 e. The monoisotopic (exact) mass is 344 g/mol. The first-order chi connectivity index (χ1) is 11.1. The van der Waals surface area contributed by atoms with Gasteiger partial charge in [0.05, 0.1) is 5.69 Å². The van der Waals surface area contributed by atoms with Gasteiger partial charge in [-0.25, -0.2) is 9.97 Å². The highest BCUT2D eigenvalue weighted by Crippen LogP contribution is 2.23. The number of nitrogens with zero attached hydrogens (tertiary/aromatic N) is 2. The van der Waals surface area contributed by atoms with E-state index in [0.717, 1.165) is 16.5 Å². The highest BCUT2D eigenvalue weighted by molar-refractivity contribution is 7.14. The number of amides is 1. The molecule has 0 radical (unpaired) electrons. The number of carbonyl (C=O) groups is 1. The SMILES string of the molecule is CC(C)c1csc(NC(=O)c2cccc(Nc3nccs3)c2)n1. The summed E-state index contributed by atoms with van der Waals surface area (Å²) >= 11 is 2.95. The molecule has 0 bridgehead atoms. The summed E-state index contributed by atoms with van der Waals surface area (Å²) in [5, 5.41) is 11.3. The van der Waals surface area contributed by atoms with E-state index in [2.05, 4.69) is 34.4 Å².